The number of hydrogen-bond donors (Lipinski definition) is 1. The molecule has 1 aromatic heterocycles. The Labute approximate surface area is 118 Å². The first-order valence-corrected chi connectivity index (χ1v) is 7.32. The maximum Gasteiger partial charge on any atom is 0.371 e. The van der Waals surface area contributed by atoms with Crippen molar-refractivity contribution in [3.63, 3.8) is 0 Å². The van der Waals surface area contributed by atoms with E-state index in [0.29, 0.717) is 0 Å². The smallest absolute Gasteiger partial charge is 0.371 e. The number of carboxylic acid groups (broad SMARTS) is 1. The van der Waals surface area contributed by atoms with Gasteiger partial charge in [0.2, 0.25) is 20.7 Å². The molecule has 5 nitrogen and oxygen atoms in total. The highest BCUT2D eigenvalue weighted by molar-refractivity contribution is 7.90. The quantitative estimate of drug-likeness (QED) is 0.937. The Morgan fingerprint density at radius 2 is 2.00 bits per heavy atom. The number of halogens is 2. The van der Waals surface area contributed by atoms with Crippen molar-refractivity contribution in [3.8, 4) is 0 Å². The van der Waals surface area contributed by atoms with Crippen molar-refractivity contribution >= 4 is 27.4 Å². The summed E-state index contributed by atoms with van der Waals surface area (Å²) >= 11 is 5.67. The Bertz CT molecular complexity index is 766. The summed E-state index contributed by atoms with van der Waals surface area (Å²) in [7, 11) is -3.99. The molecule has 1 heterocycles. The van der Waals surface area contributed by atoms with E-state index in [2.05, 4.69) is 0 Å². The molecule has 20 heavy (non-hydrogen) atoms. The Morgan fingerprint density at radius 3 is 2.60 bits per heavy atom. The zero-order chi connectivity index (χ0) is 14.9. The number of carboxylic acids is 1. The van der Waals surface area contributed by atoms with E-state index in [0.717, 1.165) is 18.2 Å². The van der Waals surface area contributed by atoms with Gasteiger partial charge in [-0.1, -0.05) is 11.6 Å². The number of furan rings is 1. The molecule has 8 heteroatoms. The third-order valence-electron chi connectivity index (χ3n) is 2.45. The minimum absolute atomic E-state index is 0.120. The van der Waals surface area contributed by atoms with E-state index in [9.17, 15) is 17.6 Å². The second-order valence-corrected chi connectivity index (χ2v) is 6.28. The maximum atomic E-state index is 13.5. The predicted octanol–water partition coefficient (Wildman–Crippen LogP) is 2.74. The molecule has 106 valence electrons. The molecule has 0 atom stereocenters. The summed E-state index contributed by atoms with van der Waals surface area (Å²) in [4.78, 5) is 10.6. The Hall–Kier alpha value is -1.86. The minimum atomic E-state index is -3.99. The Morgan fingerprint density at radius 1 is 1.30 bits per heavy atom. The third-order valence-corrected chi connectivity index (χ3v) is 4.21. The maximum absolute atomic E-state index is 13.5. The molecule has 0 fully saturated rings. The van der Waals surface area contributed by atoms with Gasteiger partial charge in [0, 0.05) is 10.6 Å². The summed E-state index contributed by atoms with van der Waals surface area (Å²) in [5.74, 6) is -3.29. The largest absolute Gasteiger partial charge is 0.475 e. The van der Waals surface area contributed by atoms with Crippen molar-refractivity contribution in [2.24, 2.45) is 0 Å². The monoisotopic (exact) mass is 318 g/mol. The molecular formula is C12H8ClFO5S. The van der Waals surface area contributed by atoms with Gasteiger partial charge >= 0.3 is 5.97 Å². The first-order valence-electron chi connectivity index (χ1n) is 5.29. The average molecular weight is 319 g/mol. The van der Waals surface area contributed by atoms with Crippen LogP contribution in [0.3, 0.4) is 0 Å². The fourth-order valence-corrected chi connectivity index (χ4v) is 2.99. The van der Waals surface area contributed by atoms with Gasteiger partial charge in [-0.25, -0.2) is 17.6 Å². The molecule has 0 aliphatic rings. The third kappa shape index (κ3) is 3.00. The number of sulfone groups is 1. The molecule has 0 spiro atoms. The molecule has 0 amide bonds. The van der Waals surface area contributed by atoms with E-state index in [4.69, 9.17) is 21.1 Å². The molecule has 0 unspecified atom stereocenters. The van der Waals surface area contributed by atoms with Crippen LogP contribution in [0.25, 0.3) is 0 Å². The number of hydrogen-bond acceptors (Lipinski definition) is 4. The Kier molecular flexibility index (Phi) is 3.82. The van der Waals surface area contributed by atoms with Gasteiger partial charge < -0.3 is 9.52 Å². The van der Waals surface area contributed by atoms with Crippen molar-refractivity contribution in [3.05, 3.63) is 52.5 Å². The molecule has 1 N–H and O–H groups in total. The summed E-state index contributed by atoms with van der Waals surface area (Å²) in [5, 5.41) is 8.33. The van der Waals surface area contributed by atoms with Gasteiger partial charge in [0.15, 0.2) is 0 Å². The second kappa shape index (κ2) is 5.26. The lowest BCUT2D eigenvalue weighted by Crippen LogP contribution is -2.05. The highest BCUT2D eigenvalue weighted by Crippen LogP contribution is 2.22. The number of carbonyl (C=O) groups is 1. The van der Waals surface area contributed by atoms with Crippen molar-refractivity contribution < 1.29 is 27.1 Å². The van der Waals surface area contributed by atoms with Crippen molar-refractivity contribution in [2.45, 2.75) is 10.8 Å². The first-order chi connectivity index (χ1) is 9.29. The van der Waals surface area contributed by atoms with Crippen LogP contribution in [0.15, 0.2) is 39.8 Å². The predicted molar refractivity (Wildman–Crippen MR) is 68.0 cm³/mol. The van der Waals surface area contributed by atoms with E-state index in [1.54, 1.807) is 0 Å². The van der Waals surface area contributed by atoms with E-state index in [1.807, 2.05) is 0 Å². The van der Waals surface area contributed by atoms with Crippen LogP contribution in [0.1, 0.15) is 16.1 Å². The van der Waals surface area contributed by atoms with Gasteiger partial charge in [-0.2, -0.15) is 0 Å². The van der Waals surface area contributed by atoms with Crippen LogP contribution in [-0.2, 0) is 15.6 Å². The average Bonchev–Trinajstić information content (AvgIpc) is 2.84. The molecule has 2 aromatic rings. The highest BCUT2D eigenvalue weighted by atomic mass is 35.5. The molecule has 0 aliphatic heterocycles. The van der Waals surface area contributed by atoms with E-state index in [1.165, 1.54) is 12.1 Å². The summed E-state index contributed by atoms with van der Waals surface area (Å²) in [6.45, 7) is 0. The topological polar surface area (TPSA) is 84.6 Å². The summed E-state index contributed by atoms with van der Waals surface area (Å²) in [5.41, 5.74) is -0.120. The SMILES string of the molecule is O=C(O)c1ccc(S(=O)(=O)Cc2cc(Cl)ccc2F)o1. The summed E-state index contributed by atoms with van der Waals surface area (Å²) in [6, 6.07) is 5.57. The van der Waals surface area contributed by atoms with Crippen molar-refractivity contribution in [2.75, 3.05) is 0 Å². The van der Waals surface area contributed by atoms with E-state index >= 15 is 0 Å². The Balaban J connectivity index is 2.35. The van der Waals surface area contributed by atoms with Crippen LogP contribution < -0.4 is 0 Å². The molecule has 1 aromatic carbocycles. The van der Waals surface area contributed by atoms with E-state index < -0.39 is 38.2 Å². The summed E-state index contributed by atoms with van der Waals surface area (Å²) in [6.07, 6.45) is 0. The first kappa shape index (κ1) is 14.5. The lowest BCUT2D eigenvalue weighted by molar-refractivity contribution is 0.0656. The molecule has 0 aliphatic carbocycles. The molecule has 0 saturated heterocycles. The molecular weight excluding hydrogens is 311 g/mol. The van der Waals surface area contributed by atoms with E-state index in [-0.39, 0.29) is 10.6 Å². The second-order valence-electron chi connectivity index (χ2n) is 3.92. The fraction of sp³-hybridized carbons (Fsp3) is 0.0833. The molecule has 0 bridgehead atoms. The van der Waals surface area contributed by atoms with Gasteiger partial charge in [0.25, 0.3) is 0 Å². The van der Waals surface area contributed by atoms with Crippen LogP contribution in [0, 0.1) is 5.82 Å². The van der Waals surface area contributed by atoms with Crippen LogP contribution >= 0.6 is 11.6 Å². The van der Waals surface area contributed by atoms with Crippen LogP contribution in [0.4, 0.5) is 4.39 Å². The zero-order valence-corrected chi connectivity index (χ0v) is 11.4. The lowest BCUT2D eigenvalue weighted by Gasteiger charge is -2.04. The van der Waals surface area contributed by atoms with Gasteiger partial charge in [0.1, 0.15) is 5.82 Å². The van der Waals surface area contributed by atoms with Gasteiger partial charge in [-0.3, -0.25) is 0 Å². The normalized spacial score (nSPS) is 11.5. The van der Waals surface area contributed by atoms with Crippen LogP contribution in [0.5, 0.6) is 0 Å². The van der Waals surface area contributed by atoms with Crippen LogP contribution in [-0.4, -0.2) is 19.5 Å². The number of benzene rings is 1. The molecule has 2 rings (SSSR count). The highest BCUT2D eigenvalue weighted by Gasteiger charge is 2.23. The van der Waals surface area contributed by atoms with Crippen molar-refractivity contribution in [1.82, 2.24) is 0 Å². The number of rotatable bonds is 4. The zero-order valence-electron chi connectivity index (χ0n) is 9.84. The van der Waals surface area contributed by atoms with Crippen LogP contribution in [0.2, 0.25) is 5.02 Å². The summed E-state index contributed by atoms with van der Waals surface area (Å²) < 4.78 is 42.2. The van der Waals surface area contributed by atoms with Gasteiger partial charge in [-0.05, 0) is 30.3 Å². The molecule has 0 saturated carbocycles. The standard InChI is InChI=1S/C12H8ClFO5S/c13-8-1-2-9(14)7(5-8)6-20(17,18)11-4-3-10(19-11)12(15)16/h1-5H,6H2,(H,15,16). The van der Waals surface area contributed by atoms with Gasteiger partial charge in [-0.15, -0.1) is 0 Å². The minimum Gasteiger partial charge on any atom is -0.475 e. The molecule has 0 radical (unpaired) electrons. The number of aromatic carboxylic acids is 1. The lowest BCUT2D eigenvalue weighted by atomic mass is 10.2. The van der Waals surface area contributed by atoms with Gasteiger partial charge in [0.05, 0.1) is 5.75 Å². The van der Waals surface area contributed by atoms with Crippen molar-refractivity contribution in [1.29, 1.82) is 0 Å². The fourth-order valence-electron chi connectivity index (χ4n) is 1.53.